The Hall–Kier alpha value is -2.83. The lowest BCUT2D eigenvalue weighted by Gasteiger charge is -2.17. The zero-order valence-corrected chi connectivity index (χ0v) is 17.8. The van der Waals surface area contributed by atoms with Crippen LogP contribution < -0.4 is 5.32 Å². The van der Waals surface area contributed by atoms with Crippen LogP contribution in [0.1, 0.15) is 15.9 Å². The maximum Gasteiger partial charge on any atom is 0.259 e. The first kappa shape index (κ1) is 19.5. The second-order valence-electron chi connectivity index (χ2n) is 6.51. The van der Waals surface area contributed by atoms with Crippen LogP contribution >= 0.6 is 27.7 Å². The monoisotopic (exact) mass is 464 g/mol. The zero-order chi connectivity index (χ0) is 20.4. The highest BCUT2D eigenvalue weighted by atomic mass is 79.9. The standard InChI is InChI=1S/C23H17BrN2O2S/c1-15-20-4-2-3-5-21(20)23(28)26(15)14-22(27)25-17-8-12-19(13-9-17)29-18-10-6-16(24)7-11-18/h2-13H,1,14H2,(H,25,27). The van der Waals surface area contributed by atoms with Crippen LogP contribution in [0.2, 0.25) is 0 Å². The van der Waals surface area contributed by atoms with Crippen LogP contribution in [0.5, 0.6) is 0 Å². The molecule has 1 aliphatic rings. The molecule has 6 heteroatoms. The Labute approximate surface area is 181 Å². The summed E-state index contributed by atoms with van der Waals surface area (Å²) in [7, 11) is 0. The number of hydrogen-bond donors (Lipinski definition) is 1. The molecule has 1 N–H and O–H groups in total. The smallest absolute Gasteiger partial charge is 0.259 e. The summed E-state index contributed by atoms with van der Waals surface area (Å²) in [6.07, 6.45) is 0. The molecule has 0 aliphatic carbocycles. The van der Waals surface area contributed by atoms with Crippen molar-refractivity contribution in [2.24, 2.45) is 0 Å². The lowest BCUT2D eigenvalue weighted by Crippen LogP contribution is -2.32. The highest BCUT2D eigenvalue weighted by molar-refractivity contribution is 9.10. The van der Waals surface area contributed by atoms with Gasteiger partial charge in [-0.05, 0) is 54.6 Å². The van der Waals surface area contributed by atoms with Gasteiger partial charge in [0.1, 0.15) is 6.54 Å². The van der Waals surface area contributed by atoms with Gasteiger partial charge in [-0.1, -0.05) is 52.5 Å². The lowest BCUT2D eigenvalue weighted by atomic mass is 10.1. The van der Waals surface area contributed by atoms with Gasteiger partial charge < -0.3 is 5.32 Å². The number of carbonyl (C=O) groups is 2. The summed E-state index contributed by atoms with van der Waals surface area (Å²) in [5, 5.41) is 2.85. The van der Waals surface area contributed by atoms with E-state index in [4.69, 9.17) is 0 Å². The van der Waals surface area contributed by atoms with E-state index in [-0.39, 0.29) is 18.4 Å². The molecule has 0 saturated heterocycles. The number of benzene rings is 3. The van der Waals surface area contributed by atoms with Crippen LogP contribution in [-0.2, 0) is 4.79 Å². The number of amides is 2. The van der Waals surface area contributed by atoms with E-state index in [0.717, 1.165) is 19.8 Å². The van der Waals surface area contributed by atoms with E-state index in [1.165, 1.54) is 4.90 Å². The van der Waals surface area contributed by atoms with Crippen molar-refractivity contribution >= 4 is 50.9 Å². The molecule has 1 aliphatic heterocycles. The number of nitrogens with one attached hydrogen (secondary N) is 1. The molecule has 0 aromatic heterocycles. The second-order valence-corrected chi connectivity index (χ2v) is 8.57. The number of nitrogens with zero attached hydrogens (tertiary/aromatic N) is 1. The Bertz CT molecular complexity index is 1060. The fourth-order valence-corrected chi connectivity index (χ4v) is 4.17. The molecule has 2 amide bonds. The van der Waals surface area contributed by atoms with E-state index in [9.17, 15) is 9.59 Å². The maximum absolute atomic E-state index is 12.5. The number of hydrogen-bond acceptors (Lipinski definition) is 3. The van der Waals surface area contributed by atoms with E-state index >= 15 is 0 Å². The Morgan fingerprint density at radius 1 is 0.931 bits per heavy atom. The SMILES string of the molecule is C=C1c2ccccc2C(=O)N1CC(=O)Nc1ccc(Sc2ccc(Br)cc2)cc1. The van der Waals surface area contributed by atoms with E-state index < -0.39 is 0 Å². The predicted molar refractivity (Wildman–Crippen MR) is 120 cm³/mol. The summed E-state index contributed by atoms with van der Waals surface area (Å²) < 4.78 is 1.04. The van der Waals surface area contributed by atoms with Crippen LogP contribution in [0.15, 0.2) is 93.6 Å². The molecular formula is C23H17BrN2O2S. The molecule has 29 heavy (non-hydrogen) atoms. The highest BCUT2D eigenvalue weighted by Gasteiger charge is 2.31. The number of fused-ring (bicyclic) bond motifs is 1. The molecular weight excluding hydrogens is 448 g/mol. The fourth-order valence-electron chi connectivity index (χ4n) is 3.09. The van der Waals surface area contributed by atoms with E-state index in [0.29, 0.717) is 16.9 Å². The lowest BCUT2D eigenvalue weighted by molar-refractivity contribution is -0.116. The third-order valence-corrected chi connectivity index (χ3v) is 6.07. The average Bonchev–Trinajstić information content (AvgIpc) is 2.96. The topological polar surface area (TPSA) is 49.4 Å². The molecule has 3 aromatic carbocycles. The molecule has 0 fully saturated rings. The first-order valence-electron chi connectivity index (χ1n) is 8.95. The third-order valence-electron chi connectivity index (χ3n) is 4.53. The van der Waals surface area contributed by atoms with Crippen LogP contribution in [0.4, 0.5) is 5.69 Å². The van der Waals surface area contributed by atoms with E-state index in [1.54, 1.807) is 23.9 Å². The second kappa shape index (κ2) is 8.27. The summed E-state index contributed by atoms with van der Waals surface area (Å²) in [4.78, 5) is 28.6. The number of halogens is 1. The average molecular weight is 465 g/mol. The summed E-state index contributed by atoms with van der Waals surface area (Å²) in [5.41, 5.74) is 2.60. The summed E-state index contributed by atoms with van der Waals surface area (Å²) in [6, 6.07) is 23.0. The zero-order valence-electron chi connectivity index (χ0n) is 15.4. The summed E-state index contributed by atoms with van der Waals surface area (Å²) >= 11 is 5.08. The van der Waals surface area contributed by atoms with Crippen LogP contribution in [0.25, 0.3) is 5.70 Å². The molecule has 0 spiro atoms. The molecule has 0 radical (unpaired) electrons. The van der Waals surface area contributed by atoms with Gasteiger partial charge in [-0.15, -0.1) is 0 Å². The van der Waals surface area contributed by atoms with Gasteiger partial charge >= 0.3 is 0 Å². The number of carbonyl (C=O) groups excluding carboxylic acids is 2. The Morgan fingerprint density at radius 3 is 2.14 bits per heavy atom. The Balaban J connectivity index is 1.37. The molecule has 3 aromatic rings. The van der Waals surface area contributed by atoms with Gasteiger partial charge in [0.25, 0.3) is 5.91 Å². The first-order chi connectivity index (χ1) is 14.0. The molecule has 4 nitrogen and oxygen atoms in total. The summed E-state index contributed by atoms with van der Waals surface area (Å²) in [6.45, 7) is 3.90. The van der Waals surface area contributed by atoms with Crippen LogP contribution in [0.3, 0.4) is 0 Å². The first-order valence-corrected chi connectivity index (χ1v) is 10.6. The van der Waals surface area contributed by atoms with E-state index in [2.05, 4.69) is 27.8 Å². The van der Waals surface area contributed by atoms with Crippen LogP contribution in [-0.4, -0.2) is 23.3 Å². The van der Waals surface area contributed by atoms with Gasteiger partial charge in [-0.3, -0.25) is 14.5 Å². The molecule has 0 bridgehead atoms. The highest BCUT2D eigenvalue weighted by Crippen LogP contribution is 2.31. The van der Waals surface area contributed by atoms with Gasteiger partial charge in [0.15, 0.2) is 0 Å². The van der Waals surface area contributed by atoms with Gasteiger partial charge in [-0.2, -0.15) is 0 Å². The molecule has 4 rings (SSSR count). The molecule has 0 unspecified atom stereocenters. The fraction of sp³-hybridized carbons (Fsp3) is 0.0435. The quantitative estimate of drug-likeness (QED) is 0.529. The van der Waals surface area contributed by atoms with Crippen molar-refractivity contribution in [2.45, 2.75) is 9.79 Å². The Kier molecular flexibility index (Phi) is 5.56. The van der Waals surface area contributed by atoms with Crippen molar-refractivity contribution in [1.82, 2.24) is 4.90 Å². The van der Waals surface area contributed by atoms with Crippen molar-refractivity contribution in [1.29, 1.82) is 0 Å². The van der Waals surface area contributed by atoms with E-state index in [1.807, 2.05) is 60.7 Å². The third kappa shape index (κ3) is 4.28. The minimum absolute atomic E-state index is 0.0677. The number of anilines is 1. The van der Waals surface area contributed by atoms with Crippen molar-refractivity contribution in [3.8, 4) is 0 Å². The normalized spacial score (nSPS) is 12.8. The van der Waals surface area contributed by atoms with Gasteiger partial charge in [0.2, 0.25) is 5.91 Å². The van der Waals surface area contributed by atoms with Crippen molar-refractivity contribution in [3.63, 3.8) is 0 Å². The van der Waals surface area contributed by atoms with Crippen molar-refractivity contribution < 1.29 is 9.59 Å². The minimum Gasteiger partial charge on any atom is -0.325 e. The number of rotatable bonds is 5. The largest absolute Gasteiger partial charge is 0.325 e. The van der Waals surface area contributed by atoms with Gasteiger partial charge in [0.05, 0.1) is 0 Å². The van der Waals surface area contributed by atoms with Gasteiger partial charge in [0, 0.05) is 36.8 Å². The van der Waals surface area contributed by atoms with Crippen molar-refractivity contribution in [2.75, 3.05) is 11.9 Å². The van der Waals surface area contributed by atoms with Crippen LogP contribution in [0, 0.1) is 0 Å². The maximum atomic E-state index is 12.5. The molecule has 0 saturated carbocycles. The van der Waals surface area contributed by atoms with Crippen molar-refractivity contribution in [3.05, 3.63) is 95.0 Å². The minimum atomic E-state index is -0.263. The Morgan fingerprint density at radius 2 is 1.52 bits per heavy atom. The molecule has 144 valence electrons. The molecule has 1 heterocycles. The molecule has 0 atom stereocenters. The summed E-state index contributed by atoms with van der Waals surface area (Å²) in [5.74, 6) is -0.456. The predicted octanol–water partition coefficient (Wildman–Crippen LogP) is 5.67. The van der Waals surface area contributed by atoms with Gasteiger partial charge in [-0.25, -0.2) is 0 Å².